The summed E-state index contributed by atoms with van der Waals surface area (Å²) in [5, 5.41) is 4.42. The van der Waals surface area contributed by atoms with Gasteiger partial charge in [0.05, 0.1) is 16.8 Å². The van der Waals surface area contributed by atoms with E-state index in [1.807, 2.05) is 26.0 Å². The third-order valence-corrected chi connectivity index (χ3v) is 6.95. The first-order chi connectivity index (χ1) is 15.3. The van der Waals surface area contributed by atoms with Crippen molar-refractivity contribution in [3.05, 3.63) is 94.5 Å². The molecule has 1 amide bonds. The Balaban J connectivity index is 1.90. The second-order valence-electron chi connectivity index (χ2n) is 7.12. The number of nitrogens with zero attached hydrogens (tertiary/aromatic N) is 2. The van der Waals surface area contributed by atoms with Gasteiger partial charge in [-0.1, -0.05) is 72.6 Å². The van der Waals surface area contributed by atoms with E-state index in [4.69, 9.17) is 11.6 Å². The van der Waals surface area contributed by atoms with E-state index in [9.17, 15) is 13.2 Å². The molecule has 0 saturated heterocycles. The fourth-order valence-electron chi connectivity index (χ4n) is 3.11. The molecule has 1 N–H and O–H groups in total. The van der Waals surface area contributed by atoms with Crippen LogP contribution in [0.5, 0.6) is 0 Å². The van der Waals surface area contributed by atoms with E-state index in [0.717, 1.165) is 15.4 Å². The summed E-state index contributed by atoms with van der Waals surface area (Å²) in [6.07, 6.45) is 2.03. The van der Waals surface area contributed by atoms with Crippen LogP contribution in [0.15, 0.2) is 82.8 Å². The van der Waals surface area contributed by atoms with Crippen molar-refractivity contribution in [1.82, 2.24) is 5.43 Å². The number of rotatable bonds is 8. The van der Waals surface area contributed by atoms with Crippen molar-refractivity contribution in [2.75, 3.05) is 10.8 Å². The molecule has 0 atom stereocenters. The van der Waals surface area contributed by atoms with Crippen LogP contribution in [0.25, 0.3) is 0 Å². The summed E-state index contributed by atoms with van der Waals surface area (Å²) >= 11 is 6.08. The number of hydrazone groups is 1. The molecule has 166 valence electrons. The molecule has 3 aromatic carbocycles. The van der Waals surface area contributed by atoms with Crippen molar-refractivity contribution in [2.24, 2.45) is 5.10 Å². The van der Waals surface area contributed by atoms with Gasteiger partial charge in [0, 0.05) is 10.6 Å². The molecule has 0 spiro atoms. The molecule has 6 nitrogen and oxygen atoms in total. The molecular formula is C24H24ClN3O3S. The summed E-state index contributed by atoms with van der Waals surface area (Å²) in [6.45, 7) is 3.39. The number of carbonyl (C=O) groups excluding carboxylic acids is 1. The van der Waals surface area contributed by atoms with E-state index in [1.54, 1.807) is 60.7 Å². The summed E-state index contributed by atoms with van der Waals surface area (Å²) in [7, 11) is -3.98. The molecule has 0 aromatic heterocycles. The average molecular weight is 470 g/mol. The Bertz CT molecular complexity index is 1230. The van der Waals surface area contributed by atoms with Gasteiger partial charge in [-0.2, -0.15) is 5.10 Å². The molecule has 3 aromatic rings. The standard InChI is InChI=1S/C24H24ClN3O3S/c1-3-19-8-5-7-11-23(19)28(32(30,31)21-14-12-18(2)13-15-21)17-24(29)27-26-16-20-9-4-6-10-22(20)25/h4-16H,3,17H2,1-2H3,(H,27,29)/b26-16-. The molecule has 0 aliphatic heterocycles. The van der Waals surface area contributed by atoms with Crippen molar-refractivity contribution in [1.29, 1.82) is 0 Å². The molecule has 0 bridgehead atoms. The summed E-state index contributed by atoms with van der Waals surface area (Å²) in [4.78, 5) is 12.8. The normalized spacial score (nSPS) is 11.5. The monoisotopic (exact) mass is 469 g/mol. The van der Waals surface area contributed by atoms with Gasteiger partial charge in [-0.05, 0) is 43.2 Å². The Kier molecular flexibility index (Phi) is 7.66. The maximum Gasteiger partial charge on any atom is 0.264 e. The highest BCUT2D eigenvalue weighted by Gasteiger charge is 2.28. The molecule has 0 aliphatic carbocycles. The summed E-state index contributed by atoms with van der Waals surface area (Å²) in [5.41, 5.74) is 5.24. The number of halogens is 1. The molecule has 0 aliphatic rings. The Morgan fingerprint density at radius 3 is 2.38 bits per heavy atom. The molecule has 0 unspecified atom stereocenters. The van der Waals surface area contributed by atoms with Crippen molar-refractivity contribution in [3.63, 3.8) is 0 Å². The molecule has 0 radical (unpaired) electrons. The van der Waals surface area contributed by atoms with Crippen LogP contribution in [-0.4, -0.2) is 27.1 Å². The van der Waals surface area contributed by atoms with Gasteiger partial charge in [0.25, 0.3) is 15.9 Å². The maximum absolute atomic E-state index is 13.5. The highest BCUT2D eigenvalue weighted by molar-refractivity contribution is 7.92. The number of hydrogen-bond donors (Lipinski definition) is 1. The lowest BCUT2D eigenvalue weighted by molar-refractivity contribution is -0.119. The fourth-order valence-corrected chi connectivity index (χ4v) is 4.75. The quantitative estimate of drug-likeness (QED) is 0.388. The van der Waals surface area contributed by atoms with E-state index < -0.39 is 22.5 Å². The molecule has 0 saturated carbocycles. The molecular weight excluding hydrogens is 446 g/mol. The van der Waals surface area contributed by atoms with E-state index in [0.29, 0.717) is 22.7 Å². The van der Waals surface area contributed by atoms with E-state index >= 15 is 0 Å². The Labute approximate surface area is 193 Å². The lowest BCUT2D eigenvalue weighted by Gasteiger charge is -2.25. The minimum Gasteiger partial charge on any atom is -0.271 e. The number of amides is 1. The van der Waals surface area contributed by atoms with Gasteiger partial charge in [0.15, 0.2) is 0 Å². The third kappa shape index (κ3) is 5.55. The van der Waals surface area contributed by atoms with Crippen molar-refractivity contribution < 1.29 is 13.2 Å². The zero-order valence-corrected chi connectivity index (χ0v) is 19.4. The topological polar surface area (TPSA) is 78.8 Å². The van der Waals surface area contributed by atoms with Crippen LogP contribution in [0.3, 0.4) is 0 Å². The van der Waals surface area contributed by atoms with Crippen LogP contribution >= 0.6 is 11.6 Å². The number of sulfonamides is 1. The first kappa shape index (κ1) is 23.5. The second-order valence-corrected chi connectivity index (χ2v) is 9.39. The van der Waals surface area contributed by atoms with Crippen LogP contribution in [0, 0.1) is 6.92 Å². The minimum atomic E-state index is -3.98. The average Bonchev–Trinajstić information content (AvgIpc) is 2.79. The van der Waals surface area contributed by atoms with E-state index in [2.05, 4.69) is 10.5 Å². The number of anilines is 1. The van der Waals surface area contributed by atoms with Crippen LogP contribution in [0.1, 0.15) is 23.6 Å². The van der Waals surface area contributed by atoms with Gasteiger partial charge in [-0.3, -0.25) is 9.10 Å². The van der Waals surface area contributed by atoms with Gasteiger partial charge in [-0.15, -0.1) is 0 Å². The molecule has 0 heterocycles. The largest absolute Gasteiger partial charge is 0.271 e. The zero-order chi connectivity index (χ0) is 23.1. The molecule has 8 heteroatoms. The van der Waals surface area contributed by atoms with Gasteiger partial charge >= 0.3 is 0 Å². The number of benzene rings is 3. The smallest absolute Gasteiger partial charge is 0.264 e. The van der Waals surface area contributed by atoms with Crippen LogP contribution < -0.4 is 9.73 Å². The minimum absolute atomic E-state index is 0.112. The number of carbonyl (C=O) groups is 1. The fraction of sp³-hybridized carbons (Fsp3) is 0.167. The molecule has 0 fully saturated rings. The Morgan fingerprint density at radius 1 is 1.03 bits per heavy atom. The van der Waals surface area contributed by atoms with Crippen molar-refractivity contribution in [3.8, 4) is 0 Å². The van der Waals surface area contributed by atoms with Crippen LogP contribution in [-0.2, 0) is 21.2 Å². The van der Waals surface area contributed by atoms with E-state index in [1.165, 1.54) is 6.21 Å². The molecule has 32 heavy (non-hydrogen) atoms. The van der Waals surface area contributed by atoms with Gasteiger partial charge in [0.1, 0.15) is 6.54 Å². The first-order valence-electron chi connectivity index (χ1n) is 10.1. The SMILES string of the molecule is CCc1ccccc1N(CC(=O)N/N=C\c1ccccc1Cl)S(=O)(=O)c1ccc(C)cc1. The Hall–Kier alpha value is -3.16. The predicted octanol–water partition coefficient (Wildman–Crippen LogP) is 4.56. The first-order valence-corrected chi connectivity index (χ1v) is 11.9. The lowest BCUT2D eigenvalue weighted by atomic mass is 10.1. The number of nitrogens with one attached hydrogen (secondary N) is 1. The number of para-hydroxylation sites is 1. The highest BCUT2D eigenvalue weighted by atomic mass is 35.5. The summed E-state index contributed by atoms with van der Waals surface area (Å²) < 4.78 is 28.1. The van der Waals surface area contributed by atoms with Gasteiger partial charge in [0.2, 0.25) is 0 Å². The van der Waals surface area contributed by atoms with Crippen LogP contribution in [0.2, 0.25) is 5.02 Å². The number of aryl methyl sites for hydroxylation is 2. The second kappa shape index (κ2) is 10.4. The lowest BCUT2D eigenvalue weighted by Crippen LogP contribution is -2.40. The molecule has 3 rings (SSSR count). The van der Waals surface area contributed by atoms with Gasteiger partial charge in [-0.25, -0.2) is 13.8 Å². The van der Waals surface area contributed by atoms with Gasteiger partial charge < -0.3 is 0 Å². The summed E-state index contributed by atoms with van der Waals surface area (Å²) in [5.74, 6) is -0.574. The highest BCUT2D eigenvalue weighted by Crippen LogP contribution is 2.27. The predicted molar refractivity (Wildman–Crippen MR) is 129 cm³/mol. The third-order valence-electron chi connectivity index (χ3n) is 4.84. The van der Waals surface area contributed by atoms with Crippen molar-refractivity contribution >= 4 is 39.4 Å². The van der Waals surface area contributed by atoms with E-state index in [-0.39, 0.29) is 4.90 Å². The van der Waals surface area contributed by atoms with Crippen LogP contribution in [0.4, 0.5) is 5.69 Å². The Morgan fingerprint density at radius 2 is 1.69 bits per heavy atom. The van der Waals surface area contributed by atoms with Crippen molar-refractivity contribution in [2.45, 2.75) is 25.2 Å². The maximum atomic E-state index is 13.5. The number of hydrogen-bond acceptors (Lipinski definition) is 4. The zero-order valence-electron chi connectivity index (χ0n) is 17.8. The summed E-state index contributed by atoms with van der Waals surface area (Å²) in [6, 6.07) is 20.7.